The summed E-state index contributed by atoms with van der Waals surface area (Å²) in [6, 6.07) is 7.45. The number of anilines is 2. The third kappa shape index (κ3) is 4.01. The number of benzene rings is 1. The maximum Gasteiger partial charge on any atom is 0.269 e. The molecule has 1 aromatic carbocycles. The van der Waals surface area contributed by atoms with Crippen LogP contribution in [0.3, 0.4) is 0 Å². The normalized spacial score (nSPS) is 13.9. The topological polar surface area (TPSA) is 160 Å². The number of H-pyrrole nitrogens is 1. The van der Waals surface area contributed by atoms with Gasteiger partial charge in [-0.2, -0.15) is 5.10 Å². The molecule has 0 radical (unpaired) electrons. The van der Waals surface area contributed by atoms with E-state index in [1.807, 2.05) is 30.0 Å². The van der Waals surface area contributed by atoms with Gasteiger partial charge in [0, 0.05) is 50.2 Å². The molecule has 3 aromatic heterocycles. The third-order valence-electron chi connectivity index (χ3n) is 6.31. The van der Waals surface area contributed by atoms with Gasteiger partial charge in [-0.05, 0) is 36.2 Å². The maximum absolute atomic E-state index is 12.3. The van der Waals surface area contributed by atoms with Crippen LogP contribution in [0.1, 0.15) is 23.0 Å². The van der Waals surface area contributed by atoms with Crippen LogP contribution in [-0.4, -0.2) is 68.0 Å². The van der Waals surface area contributed by atoms with Crippen LogP contribution < -0.4 is 16.4 Å². The molecule has 1 fully saturated rings. The van der Waals surface area contributed by atoms with Gasteiger partial charge in [0.2, 0.25) is 11.9 Å². The van der Waals surface area contributed by atoms with Gasteiger partial charge in [0.15, 0.2) is 5.69 Å². The Kier molecular flexibility index (Phi) is 5.51. The van der Waals surface area contributed by atoms with Crippen molar-refractivity contribution in [3.05, 3.63) is 47.9 Å². The number of nitrogens with zero attached hydrogens (tertiary/aromatic N) is 6. The van der Waals surface area contributed by atoms with Crippen molar-refractivity contribution in [2.45, 2.75) is 13.8 Å². The molecule has 5 N–H and O–H groups in total. The van der Waals surface area contributed by atoms with E-state index in [0.29, 0.717) is 49.1 Å². The molecule has 0 unspecified atom stereocenters. The van der Waals surface area contributed by atoms with E-state index in [0.717, 1.165) is 22.0 Å². The van der Waals surface area contributed by atoms with Crippen molar-refractivity contribution >= 4 is 34.4 Å². The first-order chi connectivity index (χ1) is 16.8. The van der Waals surface area contributed by atoms with Crippen LogP contribution in [0.25, 0.3) is 33.4 Å². The smallest absolute Gasteiger partial charge is 0.269 e. The van der Waals surface area contributed by atoms with E-state index in [4.69, 9.17) is 16.5 Å². The maximum atomic E-state index is 12.3. The Hall–Kier alpha value is -4.54. The summed E-state index contributed by atoms with van der Waals surface area (Å²) in [5, 5.41) is 7.99. The number of fused-ring (bicyclic) bond motifs is 1. The van der Waals surface area contributed by atoms with Crippen LogP contribution >= 0.6 is 0 Å². The number of nitrogens with two attached hydrogens (primary N) is 2. The van der Waals surface area contributed by atoms with E-state index in [9.17, 15) is 9.59 Å². The summed E-state index contributed by atoms with van der Waals surface area (Å²) in [5.41, 5.74) is 16.5. The molecule has 0 bridgehead atoms. The number of amides is 2. The zero-order chi connectivity index (χ0) is 24.7. The fraction of sp³-hybridized carbons (Fsp3) is 0.250. The predicted molar refractivity (Wildman–Crippen MR) is 132 cm³/mol. The summed E-state index contributed by atoms with van der Waals surface area (Å²) in [6.07, 6.45) is 3.38. The molecule has 4 heterocycles. The average molecular weight is 472 g/mol. The Bertz CT molecular complexity index is 1450. The number of aromatic nitrogens is 5. The number of aryl methyl sites for hydroxylation is 1. The Labute approximate surface area is 201 Å². The zero-order valence-electron chi connectivity index (χ0n) is 19.4. The van der Waals surface area contributed by atoms with Gasteiger partial charge in [0.05, 0.1) is 28.8 Å². The summed E-state index contributed by atoms with van der Waals surface area (Å²) in [6.45, 7) is 5.99. The van der Waals surface area contributed by atoms with E-state index in [-0.39, 0.29) is 17.3 Å². The summed E-state index contributed by atoms with van der Waals surface area (Å²) >= 11 is 0. The Morgan fingerprint density at radius 1 is 1.06 bits per heavy atom. The SMILES string of the molecule is CC(=O)N1CCN(c2nccc(-c3cc(-c4c(C)ccc5[nH]ncc45)c(N)c(C(N)=O)n3)n2)CC1. The minimum absolute atomic E-state index is 0.0207. The van der Waals surface area contributed by atoms with Gasteiger partial charge in [-0.15, -0.1) is 0 Å². The summed E-state index contributed by atoms with van der Waals surface area (Å²) in [7, 11) is 0. The molecule has 2 amide bonds. The molecule has 4 aromatic rings. The molecule has 0 spiro atoms. The molecule has 0 atom stereocenters. The van der Waals surface area contributed by atoms with E-state index in [1.54, 1.807) is 30.3 Å². The van der Waals surface area contributed by atoms with Crippen molar-refractivity contribution < 1.29 is 9.59 Å². The lowest BCUT2D eigenvalue weighted by Crippen LogP contribution is -2.48. The molecule has 1 aliphatic rings. The lowest BCUT2D eigenvalue weighted by Gasteiger charge is -2.34. The number of hydrogen-bond donors (Lipinski definition) is 3. The molecule has 11 heteroatoms. The zero-order valence-corrected chi connectivity index (χ0v) is 19.4. The fourth-order valence-electron chi connectivity index (χ4n) is 4.43. The number of nitrogen functional groups attached to an aromatic ring is 1. The molecule has 35 heavy (non-hydrogen) atoms. The molecule has 178 valence electrons. The highest BCUT2D eigenvalue weighted by atomic mass is 16.2. The van der Waals surface area contributed by atoms with Crippen molar-refractivity contribution in [3.63, 3.8) is 0 Å². The van der Waals surface area contributed by atoms with Gasteiger partial charge in [-0.1, -0.05) is 6.07 Å². The van der Waals surface area contributed by atoms with Crippen LogP contribution in [0.15, 0.2) is 36.7 Å². The van der Waals surface area contributed by atoms with Crippen molar-refractivity contribution in [2.24, 2.45) is 5.73 Å². The second kappa shape index (κ2) is 8.67. The molecule has 1 aliphatic heterocycles. The van der Waals surface area contributed by atoms with Crippen molar-refractivity contribution in [1.29, 1.82) is 0 Å². The molecular weight excluding hydrogens is 446 g/mol. The Morgan fingerprint density at radius 2 is 1.83 bits per heavy atom. The van der Waals surface area contributed by atoms with Crippen molar-refractivity contribution in [3.8, 4) is 22.5 Å². The highest BCUT2D eigenvalue weighted by Gasteiger charge is 2.23. The second-order valence-corrected chi connectivity index (χ2v) is 8.51. The number of pyridine rings is 1. The largest absolute Gasteiger partial charge is 0.396 e. The predicted octanol–water partition coefficient (Wildman–Crippen LogP) is 1.74. The third-order valence-corrected chi connectivity index (χ3v) is 6.31. The highest BCUT2D eigenvalue weighted by Crippen LogP contribution is 2.37. The molecule has 5 rings (SSSR count). The highest BCUT2D eigenvalue weighted by molar-refractivity contribution is 6.05. The van der Waals surface area contributed by atoms with Gasteiger partial charge in [0.25, 0.3) is 5.91 Å². The molecule has 11 nitrogen and oxygen atoms in total. The summed E-state index contributed by atoms with van der Waals surface area (Å²) < 4.78 is 0. The fourth-order valence-corrected chi connectivity index (χ4v) is 4.43. The quantitative estimate of drug-likeness (QED) is 0.406. The van der Waals surface area contributed by atoms with Crippen LogP contribution in [0.4, 0.5) is 11.6 Å². The molecule has 0 aliphatic carbocycles. The number of piperazine rings is 1. The summed E-state index contributed by atoms with van der Waals surface area (Å²) in [4.78, 5) is 41.3. The van der Waals surface area contributed by atoms with Crippen molar-refractivity contribution in [1.82, 2.24) is 30.0 Å². The standard InChI is InChI=1S/C24H25N9O2/c1-13-3-4-17-16(12-28-31-17)20(13)15-11-19(29-22(21(15)25)23(26)35)18-5-6-27-24(30-18)33-9-7-32(8-10-33)14(2)34/h3-6,11-12H,7-10,25H2,1-2H3,(H2,26,35)(H,28,31). The van der Waals surface area contributed by atoms with E-state index < -0.39 is 5.91 Å². The second-order valence-electron chi connectivity index (χ2n) is 8.51. The monoisotopic (exact) mass is 471 g/mol. The Balaban J connectivity index is 1.60. The number of rotatable bonds is 4. The minimum Gasteiger partial charge on any atom is -0.396 e. The summed E-state index contributed by atoms with van der Waals surface area (Å²) in [5.74, 6) is -0.142. The lowest BCUT2D eigenvalue weighted by atomic mass is 9.94. The van der Waals surface area contributed by atoms with Crippen molar-refractivity contribution in [2.75, 3.05) is 36.8 Å². The molecule has 0 saturated carbocycles. The number of nitrogens with one attached hydrogen (secondary N) is 1. The van der Waals surface area contributed by atoms with Gasteiger partial charge in [0.1, 0.15) is 0 Å². The van der Waals surface area contributed by atoms with Gasteiger partial charge < -0.3 is 21.3 Å². The van der Waals surface area contributed by atoms with Crippen LogP contribution in [0.5, 0.6) is 0 Å². The lowest BCUT2D eigenvalue weighted by molar-refractivity contribution is -0.129. The number of primary amides is 1. The molecule has 1 saturated heterocycles. The van der Waals surface area contributed by atoms with Gasteiger partial charge in [-0.25, -0.2) is 15.0 Å². The van der Waals surface area contributed by atoms with E-state index in [1.165, 1.54) is 0 Å². The number of hydrogen-bond acceptors (Lipinski definition) is 8. The van der Waals surface area contributed by atoms with Gasteiger partial charge >= 0.3 is 0 Å². The number of aromatic amines is 1. The Morgan fingerprint density at radius 3 is 2.54 bits per heavy atom. The van der Waals surface area contributed by atoms with E-state index >= 15 is 0 Å². The van der Waals surface area contributed by atoms with Crippen LogP contribution in [-0.2, 0) is 4.79 Å². The molecular formula is C24H25N9O2. The average Bonchev–Trinajstić information content (AvgIpc) is 3.33. The van der Waals surface area contributed by atoms with E-state index in [2.05, 4.69) is 20.2 Å². The minimum atomic E-state index is -0.725. The number of carbonyl (C=O) groups is 2. The number of carbonyl (C=O) groups excluding carboxylic acids is 2. The van der Waals surface area contributed by atoms with Crippen LogP contribution in [0.2, 0.25) is 0 Å². The first-order valence-electron chi connectivity index (χ1n) is 11.2. The van der Waals surface area contributed by atoms with Crippen LogP contribution in [0, 0.1) is 6.92 Å². The first kappa shape index (κ1) is 22.3. The first-order valence-corrected chi connectivity index (χ1v) is 11.2. The van der Waals surface area contributed by atoms with Gasteiger partial charge in [-0.3, -0.25) is 14.7 Å².